The molecule has 0 aliphatic carbocycles. The third-order valence-electron chi connectivity index (χ3n) is 3.49. The van der Waals surface area contributed by atoms with E-state index in [1.165, 1.54) is 4.90 Å². The molecule has 6 heteroatoms. The summed E-state index contributed by atoms with van der Waals surface area (Å²) in [6.45, 7) is 0.450. The van der Waals surface area contributed by atoms with Gasteiger partial charge in [-0.2, -0.15) is 0 Å². The minimum Gasteiger partial charge on any atom is -0.343 e. The number of likely N-dealkylation sites (N-methyl/N-ethyl adjacent to an activating group) is 1. The number of nitrogens with one attached hydrogen (secondary N) is 1. The van der Waals surface area contributed by atoms with Crippen LogP contribution in [0.1, 0.15) is 15.9 Å². The summed E-state index contributed by atoms with van der Waals surface area (Å²) in [5, 5.41) is 3.10. The molecule has 0 bridgehead atoms. The Balaban J connectivity index is 1.85. The zero-order chi connectivity index (χ0) is 17.5. The van der Waals surface area contributed by atoms with Gasteiger partial charge in [-0.3, -0.25) is 9.59 Å². The molecule has 0 radical (unpaired) electrons. The van der Waals surface area contributed by atoms with E-state index in [0.29, 0.717) is 17.1 Å². The van der Waals surface area contributed by atoms with Crippen molar-refractivity contribution in [2.24, 2.45) is 0 Å². The molecule has 2 aromatic carbocycles. The first-order valence-electron chi connectivity index (χ1n) is 7.40. The summed E-state index contributed by atoms with van der Waals surface area (Å²) in [4.78, 5) is 26.9. The summed E-state index contributed by atoms with van der Waals surface area (Å²) in [5.74, 6) is -0.470. The molecule has 24 heavy (non-hydrogen) atoms. The highest BCUT2D eigenvalue weighted by Gasteiger charge is 2.12. The second-order valence-electron chi connectivity index (χ2n) is 5.29. The van der Waals surface area contributed by atoms with E-state index in [9.17, 15) is 9.59 Å². The van der Waals surface area contributed by atoms with Gasteiger partial charge in [0.15, 0.2) is 0 Å². The molecule has 0 unspecified atom stereocenters. The normalized spacial score (nSPS) is 10.3. The Hall–Kier alpha value is -1.98. The second kappa shape index (κ2) is 8.76. The van der Waals surface area contributed by atoms with Gasteiger partial charge in [-0.15, -0.1) is 11.8 Å². The minimum absolute atomic E-state index is 0.0509. The molecule has 0 aliphatic heterocycles. The standard InChI is InChI=1S/C18H19ClN2O2S/c1-21(12-13-6-8-16(24-2)9-7-13)17(22)11-20-18(23)14-4-3-5-15(19)10-14/h3-10H,11-12H2,1-2H3,(H,20,23). The number of nitrogens with zero attached hydrogens (tertiary/aromatic N) is 1. The molecular weight excluding hydrogens is 344 g/mol. The first-order chi connectivity index (χ1) is 11.5. The van der Waals surface area contributed by atoms with Crippen molar-refractivity contribution >= 4 is 35.2 Å². The van der Waals surface area contributed by atoms with E-state index in [1.54, 1.807) is 48.0 Å². The second-order valence-corrected chi connectivity index (χ2v) is 6.61. The number of halogens is 1. The molecule has 0 fully saturated rings. The zero-order valence-electron chi connectivity index (χ0n) is 13.6. The lowest BCUT2D eigenvalue weighted by Gasteiger charge is -2.18. The number of thioether (sulfide) groups is 1. The number of hydrogen-bond acceptors (Lipinski definition) is 3. The van der Waals surface area contributed by atoms with E-state index in [1.807, 2.05) is 30.5 Å². The first kappa shape index (κ1) is 18.4. The quantitative estimate of drug-likeness (QED) is 0.801. The van der Waals surface area contributed by atoms with Gasteiger partial charge in [0, 0.05) is 29.1 Å². The summed E-state index contributed by atoms with van der Waals surface area (Å²) in [6, 6.07) is 14.7. The average Bonchev–Trinajstić information content (AvgIpc) is 2.60. The first-order valence-corrected chi connectivity index (χ1v) is 9.00. The maximum absolute atomic E-state index is 12.2. The van der Waals surface area contributed by atoms with Crippen LogP contribution in [0.25, 0.3) is 0 Å². The van der Waals surface area contributed by atoms with Crippen molar-refractivity contribution in [3.63, 3.8) is 0 Å². The van der Waals surface area contributed by atoms with Crippen LogP contribution in [0.3, 0.4) is 0 Å². The lowest BCUT2D eigenvalue weighted by atomic mass is 10.2. The van der Waals surface area contributed by atoms with Crippen LogP contribution in [0.5, 0.6) is 0 Å². The van der Waals surface area contributed by atoms with Crippen LogP contribution in [0, 0.1) is 0 Å². The van der Waals surface area contributed by atoms with E-state index in [-0.39, 0.29) is 18.4 Å². The molecule has 126 valence electrons. The third kappa shape index (κ3) is 5.28. The Labute approximate surface area is 151 Å². The van der Waals surface area contributed by atoms with Crippen LogP contribution in [0.4, 0.5) is 0 Å². The fourth-order valence-electron chi connectivity index (χ4n) is 2.12. The molecule has 0 aliphatic rings. The van der Waals surface area contributed by atoms with E-state index >= 15 is 0 Å². The molecule has 4 nitrogen and oxygen atoms in total. The van der Waals surface area contributed by atoms with Gasteiger partial charge in [-0.25, -0.2) is 0 Å². The monoisotopic (exact) mass is 362 g/mol. The van der Waals surface area contributed by atoms with Crippen molar-refractivity contribution < 1.29 is 9.59 Å². The summed E-state index contributed by atoms with van der Waals surface area (Å²) >= 11 is 7.53. The van der Waals surface area contributed by atoms with Crippen molar-refractivity contribution in [1.82, 2.24) is 10.2 Å². The van der Waals surface area contributed by atoms with Crippen molar-refractivity contribution in [2.75, 3.05) is 19.8 Å². The van der Waals surface area contributed by atoms with Crippen LogP contribution in [0.15, 0.2) is 53.4 Å². The lowest BCUT2D eigenvalue weighted by Crippen LogP contribution is -2.37. The molecule has 0 spiro atoms. The molecule has 1 N–H and O–H groups in total. The van der Waals surface area contributed by atoms with E-state index < -0.39 is 0 Å². The van der Waals surface area contributed by atoms with Crippen LogP contribution in [0.2, 0.25) is 5.02 Å². The maximum atomic E-state index is 12.2. The molecule has 0 saturated heterocycles. The lowest BCUT2D eigenvalue weighted by molar-refractivity contribution is -0.129. The minimum atomic E-state index is -0.316. The van der Waals surface area contributed by atoms with Gasteiger partial charge in [0.1, 0.15) is 0 Å². The van der Waals surface area contributed by atoms with Crippen LogP contribution >= 0.6 is 23.4 Å². The summed E-state index contributed by atoms with van der Waals surface area (Å²) in [6.07, 6.45) is 2.02. The van der Waals surface area contributed by atoms with Crippen molar-refractivity contribution in [1.29, 1.82) is 0 Å². The van der Waals surface area contributed by atoms with Gasteiger partial charge in [-0.1, -0.05) is 29.8 Å². The third-order valence-corrected chi connectivity index (χ3v) is 4.47. The molecular formula is C18H19ClN2O2S. The van der Waals surface area contributed by atoms with Crippen molar-refractivity contribution in [3.8, 4) is 0 Å². The predicted molar refractivity (Wildman–Crippen MR) is 98.5 cm³/mol. The number of rotatable bonds is 6. The summed E-state index contributed by atoms with van der Waals surface area (Å²) < 4.78 is 0. The Morgan fingerprint density at radius 1 is 1.17 bits per heavy atom. The Morgan fingerprint density at radius 2 is 1.88 bits per heavy atom. The van der Waals surface area contributed by atoms with E-state index in [0.717, 1.165) is 5.56 Å². The highest BCUT2D eigenvalue weighted by atomic mass is 35.5. The van der Waals surface area contributed by atoms with Crippen LogP contribution in [-0.2, 0) is 11.3 Å². The Bertz CT molecular complexity index is 719. The van der Waals surface area contributed by atoms with Gasteiger partial charge in [0.05, 0.1) is 6.54 Å². The average molecular weight is 363 g/mol. The van der Waals surface area contributed by atoms with Gasteiger partial charge in [0.25, 0.3) is 5.91 Å². The molecule has 0 saturated carbocycles. The van der Waals surface area contributed by atoms with Gasteiger partial charge in [-0.05, 0) is 42.2 Å². The molecule has 0 atom stereocenters. The van der Waals surface area contributed by atoms with Gasteiger partial charge < -0.3 is 10.2 Å². The number of hydrogen-bond donors (Lipinski definition) is 1. The largest absolute Gasteiger partial charge is 0.343 e. The number of benzene rings is 2. The Kier molecular flexibility index (Phi) is 6.70. The Morgan fingerprint density at radius 3 is 2.50 bits per heavy atom. The SMILES string of the molecule is CSc1ccc(CN(C)C(=O)CNC(=O)c2cccc(Cl)c2)cc1. The molecule has 2 aromatic rings. The number of carbonyl (C=O) groups is 2. The van der Waals surface area contributed by atoms with E-state index in [4.69, 9.17) is 11.6 Å². The summed E-state index contributed by atoms with van der Waals surface area (Å²) in [5.41, 5.74) is 1.48. The zero-order valence-corrected chi connectivity index (χ0v) is 15.2. The van der Waals surface area contributed by atoms with Crippen LogP contribution in [-0.4, -0.2) is 36.6 Å². The fraction of sp³-hybridized carbons (Fsp3) is 0.222. The van der Waals surface area contributed by atoms with E-state index in [2.05, 4.69) is 5.32 Å². The molecule has 2 amide bonds. The molecule has 0 heterocycles. The van der Waals surface area contributed by atoms with Crippen molar-refractivity contribution in [2.45, 2.75) is 11.4 Å². The number of carbonyl (C=O) groups excluding carboxylic acids is 2. The summed E-state index contributed by atoms with van der Waals surface area (Å²) in [7, 11) is 1.72. The van der Waals surface area contributed by atoms with Gasteiger partial charge in [0.2, 0.25) is 5.91 Å². The topological polar surface area (TPSA) is 49.4 Å². The van der Waals surface area contributed by atoms with Crippen molar-refractivity contribution in [3.05, 3.63) is 64.7 Å². The highest BCUT2D eigenvalue weighted by molar-refractivity contribution is 7.98. The highest BCUT2D eigenvalue weighted by Crippen LogP contribution is 2.15. The predicted octanol–water partition coefficient (Wildman–Crippen LogP) is 3.45. The van der Waals surface area contributed by atoms with Crippen LogP contribution < -0.4 is 5.32 Å². The number of amides is 2. The fourth-order valence-corrected chi connectivity index (χ4v) is 2.71. The van der Waals surface area contributed by atoms with Gasteiger partial charge >= 0.3 is 0 Å². The smallest absolute Gasteiger partial charge is 0.251 e. The molecule has 0 aromatic heterocycles. The maximum Gasteiger partial charge on any atom is 0.251 e. The molecule has 2 rings (SSSR count).